The Morgan fingerprint density at radius 3 is 2.94 bits per heavy atom. The quantitative estimate of drug-likeness (QED) is 0.828. The third-order valence-corrected chi connectivity index (χ3v) is 3.44. The van der Waals surface area contributed by atoms with Crippen LogP contribution in [0.25, 0.3) is 6.08 Å². The highest BCUT2D eigenvalue weighted by Crippen LogP contribution is 2.22. The molecule has 1 saturated carbocycles. The molecule has 1 aromatic rings. The summed E-state index contributed by atoms with van der Waals surface area (Å²) in [6.45, 7) is 0.816. The van der Waals surface area contributed by atoms with Gasteiger partial charge in [-0.2, -0.15) is 5.10 Å². The lowest BCUT2D eigenvalue weighted by Gasteiger charge is -2.21. The lowest BCUT2D eigenvalue weighted by molar-refractivity contribution is -0.116. The Morgan fingerprint density at radius 2 is 2.28 bits per heavy atom. The molecule has 1 heterocycles. The Hall–Kier alpha value is -1.58. The molecule has 0 spiro atoms. The molecule has 0 radical (unpaired) electrons. The highest BCUT2D eigenvalue weighted by molar-refractivity contribution is 5.91. The Labute approximate surface area is 108 Å². The van der Waals surface area contributed by atoms with Gasteiger partial charge in [-0.25, -0.2) is 0 Å². The summed E-state index contributed by atoms with van der Waals surface area (Å²) in [5.41, 5.74) is 0.949. The van der Waals surface area contributed by atoms with Crippen LogP contribution in [0.2, 0.25) is 0 Å². The maximum Gasteiger partial charge on any atom is 0.244 e. The first-order chi connectivity index (χ1) is 8.74. The Balaban J connectivity index is 1.73. The van der Waals surface area contributed by atoms with Crippen molar-refractivity contribution in [2.75, 3.05) is 6.54 Å². The van der Waals surface area contributed by atoms with Gasteiger partial charge in [-0.1, -0.05) is 19.3 Å². The number of aromatic nitrogens is 2. The van der Waals surface area contributed by atoms with E-state index >= 15 is 0 Å². The predicted octanol–water partition coefficient (Wildman–Crippen LogP) is 2.13. The van der Waals surface area contributed by atoms with Gasteiger partial charge in [-0.3, -0.25) is 9.48 Å². The van der Waals surface area contributed by atoms with E-state index in [4.69, 9.17) is 0 Å². The second kappa shape index (κ2) is 6.38. The van der Waals surface area contributed by atoms with E-state index in [0.29, 0.717) is 5.92 Å². The normalized spacial score (nSPS) is 17.2. The van der Waals surface area contributed by atoms with Crippen LogP contribution < -0.4 is 5.32 Å². The van der Waals surface area contributed by atoms with Crippen molar-refractivity contribution in [2.45, 2.75) is 32.1 Å². The predicted molar refractivity (Wildman–Crippen MR) is 71.8 cm³/mol. The van der Waals surface area contributed by atoms with Crippen LogP contribution in [0.1, 0.15) is 37.7 Å². The Bertz CT molecular complexity index is 416. The summed E-state index contributed by atoms with van der Waals surface area (Å²) in [6.07, 6.45) is 13.5. The van der Waals surface area contributed by atoms with E-state index in [2.05, 4.69) is 10.4 Å². The van der Waals surface area contributed by atoms with Gasteiger partial charge in [0.05, 0.1) is 6.20 Å². The molecule has 0 bridgehead atoms. The number of hydrogen-bond donors (Lipinski definition) is 1. The molecule has 1 fully saturated rings. The average molecular weight is 247 g/mol. The summed E-state index contributed by atoms with van der Waals surface area (Å²) >= 11 is 0. The van der Waals surface area contributed by atoms with Crippen molar-refractivity contribution in [3.63, 3.8) is 0 Å². The van der Waals surface area contributed by atoms with Crippen LogP contribution >= 0.6 is 0 Å². The van der Waals surface area contributed by atoms with Gasteiger partial charge in [-0.05, 0) is 24.8 Å². The molecule has 1 aliphatic carbocycles. The zero-order chi connectivity index (χ0) is 12.8. The molecule has 0 saturated heterocycles. The highest BCUT2D eigenvalue weighted by atomic mass is 16.1. The summed E-state index contributed by atoms with van der Waals surface area (Å²) < 4.78 is 1.72. The molecular formula is C14H21N3O. The highest BCUT2D eigenvalue weighted by Gasteiger charge is 2.13. The zero-order valence-corrected chi connectivity index (χ0v) is 10.9. The topological polar surface area (TPSA) is 46.9 Å². The van der Waals surface area contributed by atoms with Gasteiger partial charge in [0.2, 0.25) is 5.91 Å². The van der Waals surface area contributed by atoms with E-state index in [1.54, 1.807) is 23.0 Å². The first-order valence-electron chi connectivity index (χ1n) is 6.68. The van der Waals surface area contributed by atoms with Crippen molar-refractivity contribution in [3.05, 3.63) is 24.0 Å². The largest absolute Gasteiger partial charge is 0.352 e. The first-order valence-corrected chi connectivity index (χ1v) is 6.68. The minimum Gasteiger partial charge on any atom is -0.352 e. The first kappa shape index (κ1) is 12.9. The average Bonchev–Trinajstić information content (AvgIpc) is 2.81. The van der Waals surface area contributed by atoms with E-state index in [1.807, 2.05) is 13.2 Å². The van der Waals surface area contributed by atoms with Crippen molar-refractivity contribution < 1.29 is 4.79 Å². The Morgan fingerprint density at radius 1 is 1.50 bits per heavy atom. The van der Waals surface area contributed by atoms with Crippen LogP contribution in [0.4, 0.5) is 0 Å². The molecule has 4 nitrogen and oxygen atoms in total. The van der Waals surface area contributed by atoms with Gasteiger partial charge in [0.1, 0.15) is 0 Å². The monoisotopic (exact) mass is 247 g/mol. The van der Waals surface area contributed by atoms with Crippen LogP contribution in [0.5, 0.6) is 0 Å². The van der Waals surface area contributed by atoms with Crippen LogP contribution in [-0.2, 0) is 11.8 Å². The number of carbonyl (C=O) groups excluding carboxylic acids is 1. The summed E-state index contributed by atoms with van der Waals surface area (Å²) in [4.78, 5) is 11.6. The third-order valence-electron chi connectivity index (χ3n) is 3.44. The van der Waals surface area contributed by atoms with Gasteiger partial charge in [-0.15, -0.1) is 0 Å². The van der Waals surface area contributed by atoms with Crippen molar-refractivity contribution >= 4 is 12.0 Å². The van der Waals surface area contributed by atoms with Gasteiger partial charge < -0.3 is 5.32 Å². The summed E-state index contributed by atoms with van der Waals surface area (Å²) in [7, 11) is 1.86. The van der Waals surface area contributed by atoms with E-state index in [-0.39, 0.29) is 5.91 Å². The summed E-state index contributed by atoms with van der Waals surface area (Å²) in [5, 5.41) is 7.02. The molecule has 1 aliphatic rings. The van der Waals surface area contributed by atoms with E-state index in [9.17, 15) is 4.79 Å². The summed E-state index contributed by atoms with van der Waals surface area (Å²) in [6, 6.07) is 0. The molecule has 4 heteroatoms. The van der Waals surface area contributed by atoms with Gasteiger partial charge in [0.25, 0.3) is 0 Å². The molecule has 2 rings (SSSR count). The lowest BCUT2D eigenvalue weighted by Crippen LogP contribution is -2.28. The third kappa shape index (κ3) is 4.02. The molecule has 1 amide bonds. The number of nitrogens with zero attached hydrogens (tertiary/aromatic N) is 2. The van der Waals surface area contributed by atoms with Gasteiger partial charge in [0.15, 0.2) is 0 Å². The zero-order valence-electron chi connectivity index (χ0n) is 10.9. The molecule has 1 N–H and O–H groups in total. The second-order valence-electron chi connectivity index (χ2n) is 5.03. The van der Waals surface area contributed by atoms with Crippen LogP contribution in [0.15, 0.2) is 18.5 Å². The van der Waals surface area contributed by atoms with Crippen LogP contribution in [0.3, 0.4) is 0 Å². The van der Waals surface area contributed by atoms with Crippen molar-refractivity contribution in [2.24, 2.45) is 13.0 Å². The van der Waals surface area contributed by atoms with Gasteiger partial charge in [0, 0.05) is 31.4 Å². The van der Waals surface area contributed by atoms with Crippen LogP contribution in [0, 0.1) is 5.92 Å². The smallest absolute Gasteiger partial charge is 0.244 e. The molecule has 18 heavy (non-hydrogen) atoms. The number of aryl methyl sites for hydroxylation is 1. The maximum atomic E-state index is 11.6. The molecule has 1 aromatic heterocycles. The van der Waals surface area contributed by atoms with Crippen molar-refractivity contribution in [3.8, 4) is 0 Å². The fourth-order valence-corrected chi connectivity index (χ4v) is 2.39. The van der Waals surface area contributed by atoms with E-state index < -0.39 is 0 Å². The fraction of sp³-hybridized carbons (Fsp3) is 0.571. The number of nitrogens with one attached hydrogen (secondary N) is 1. The van der Waals surface area contributed by atoms with Gasteiger partial charge >= 0.3 is 0 Å². The lowest BCUT2D eigenvalue weighted by atomic mass is 9.89. The Kier molecular flexibility index (Phi) is 4.56. The SMILES string of the molecule is Cn1cc(C=CC(=O)NCC2CCCCC2)cn1. The second-order valence-corrected chi connectivity index (χ2v) is 5.03. The standard InChI is InChI=1S/C14H21N3O/c1-17-11-13(10-16-17)7-8-14(18)15-9-12-5-3-2-4-6-12/h7-8,10-12H,2-6,9H2,1H3,(H,15,18). The molecule has 0 unspecified atom stereocenters. The van der Waals surface area contributed by atoms with E-state index in [0.717, 1.165) is 12.1 Å². The van der Waals surface area contributed by atoms with Crippen LogP contribution in [-0.4, -0.2) is 22.2 Å². The summed E-state index contributed by atoms with van der Waals surface area (Å²) in [5.74, 6) is 0.666. The minimum atomic E-state index is -0.00979. The van der Waals surface area contributed by atoms with Crippen molar-refractivity contribution in [1.29, 1.82) is 0 Å². The molecule has 98 valence electrons. The number of rotatable bonds is 4. The van der Waals surface area contributed by atoms with E-state index in [1.165, 1.54) is 32.1 Å². The number of carbonyl (C=O) groups is 1. The minimum absolute atomic E-state index is 0.00979. The van der Waals surface area contributed by atoms with Crippen molar-refractivity contribution in [1.82, 2.24) is 15.1 Å². The molecule has 0 atom stereocenters. The number of hydrogen-bond acceptors (Lipinski definition) is 2. The maximum absolute atomic E-state index is 11.6. The molecule has 0 aliphatic heterocycles. The molecule has 0 aromatic carbocycles. The fourth-order valence-electron chi connectivity index (χ4n) is 2.39. The molecular weight excluding hydrogens is 226 g/mol. The number of amides is 1.